The number of guanidine groups is 1. The Bertz CT molecular complexity index is 541. The van der Waals surface area contributed by atoms with Gasteiger partial charge in [-0.2, -0.15) is 0 Å². The highest BCUT2D eigenvalue weighted by Crippen LogP contribution is 2.18. The van der Waals surface area contributed by atoms with E-state index < -0.39 is 9.84 Å². The Balaban J connectivity index is 0.00000338. The first-order valence-electron chi connectivity index (χ1n) is 9.52. The molecule has 2 unspecified atom stereocenters. The lowest BCUT2D eigenvalue weighted by Gasteiger charge is -2.26. The number of likely N-dealkylation sites (tertiary alicyclic amines) is 1. The van der Waals surface area contributed by atoms with Crippen LogP contribution < -0.4 is 10.6 Å². The molecule has 154 valence electrons. The summed E-state index contributed by atoms with van der Waals surface area (Å²) in [5.74, 6) is 2.02. The molecule has 2 rings (SSSR count). The maximum absolute atomic E-state index is 11.5. The third-order valence-corrected chi connectivity index (χ3v) is 6.77. The zero-order chi connectivity index (χ0) is 18.4. The molecule has 2 aliphatic rings. The summed E-state index contributed by atoms with van der Waals surface area (Å²) in [5, 5.41) is 6.92. The highest BCUT2D eigenvalue weighted by atomic mass is 127. The van der Waals surface area contributed by atoms with Crippen molar-refractivity contribution in [1.82, 2.24) is 20.4 Å². The number of halogens is 1. The van der Waals surface area contributed by atoms with Crippen molar-refractivity contribution in [1.29, 1.82) is 0 Å². The molecule has 9 heteroatoms. The number of hydrogen-bond acceptors (Lipinski definition) is 5. The topological polar surface area (TPSA) is 77.0 Å². The number of aliphatic imine (C=N–C) groups is 1. The van der Waals surface area contributed by atoms with Gasteiger partial charge >= 0.3 is 0 Å². The quantitative estimate of drug-likeness (QED) is 0.316. The van der Waals surface area contributed by atoms with Crippen molar-refractivity contribution in [3.05, 3.63) is 0 Å². The van der Waals surface area contributed by atoms with Crippen molar-refractivity contribution < 1.29 is 8.42 Å². The second-order valence-electron chi connectivity index (χ2n) is 7.53. The monoisotopic (exact) mass is 501 g/mol. The summed E-state index contributed by atoms with van der Waals surface area (Å²) in [4.78, 5) is 9.38. The summed E-state index contributed by atoms with van der Waals surface area (Å²) in [6.45, 7) is 14.6. The lowest BCUT2D eigenvalue weighted by Crippen LogP contribution is -2.47. The molecule has 0 amide bonds. The number of rotatable bonds is 6. The van der Waals surface area contributed by atoms with Gasteiger partial charge in [0.1, 0.15) is 0 Å². The second kappa shape index (κ2) is 11.0. The van der Waals surface area contributed by atoms with E-state index in [4.69, 9.17) is 4.99 Å². The van der Waals surface area contributed by atoms with Crippen molar-refractivity contribution in [3.63, 3.8) is 0 Å². The van der Waals surface area contributed by atoms with Gasteiger partial charge < -0.3 is 10.6 Å². The van der Waals surface area contributed by atoms with Crippen LogP contribution in [0.1, 0.15) is 27.7 Å². The zero-order valence-corrected chi connectivity index (χ0v) is 19.7. The molecule has 2 aliphatic heterocycles. The Labute approximate surface area is 176 Å². The van der Waals surface area contributed by atoms with Gasteiger partial charge in [-0.1, -0.05) is 6.92 Å². The fourth-order valence-corrected chi connectivity index (χ4v) is 4.66. The van der Waals surface area contributed by atoms with Crippen molar-refractivity contribution >= 4 is 39.8 Å². The molecule has 0 aromatic carbocycles. The Morgan fingerprint density at radius 2 is 1.88 bits per heavy atom. The first-order valence-corrected chi connectivity index (χ1v) is 11.3. The van der Waals surface area contributed by atoms with Crippen molar-refractivity contribution in [2.45, 2.75) is 39.8 Å². The van der Waals surface area contributed by atoms with Gasteiger partial charge in [-0.05, 0) is 26.7 Å². The van der Waals surface area contributed by atoms with Crippen LogP contribution in [0.5, 0.6) is 0 Å². The van der Waals surface area contributed by atoms with Crippen LogP contribution in [0.3, 0.4) is 0 Å². The van der Waals surface area contributed by atoms with Crippen LogP contribution in [-0.4, -0.2) is 93.6 Å². The number of sulfone groups is 1. The van der Waals surface area contributed by atoms with Crippen molar-refractivity contribution in [2.75, 3.05) is 57.3 Å². The normalized spacial score (nSPS) is 27.3. The SMILES string of the molecule is CCNC(=NCCN1CCS(=O)(=O)CC1)NC1CN(C(C)C)CC1C.I. The summed E-state index contributed by atoms with van der Waals surface area (Å²) in [6.07, 6.45) is 0. The minimum Gasteiger partial charge on any atom is -0.357 e. The largest absolute Gasteiger partial charge is 0.357 e. The minimum atomic E-state index is -2.81. The molecule has 0 saturated carbocycles. The Kier molecular flexibility index (Phi) is 10.1. The minimum absolute atomic E-state index is 0. The highest BCUT2D eigenvalue weighted by molar-refractivity contribution is 14.0. The van der Waals surface area contributed by atoms with E-state index in [-0.39, 0.29) is 35.5 Å². The molecule has 2 heterocycles. The third kappa shape index (κ3) is 7.47. The maximum Gasteiger partial charge on any atom is 0.191 e. The van der Waals surface area contributed by atoms with E-state index in [1.165, 1.54) is 0 Å². The van der Waals surface area contributed by atoms with E-state index in [0.717, 1.165) is 32.1 Å². The molecule has 0 radical (unpaired) electrons. The average molecular weight is 501 g/mol. The van der Waals surface area contributed by atoms with Gasteiger partial charge in [0.15, 0.2) is 15.8 Å². The van der Waals surface area contributed by atoms with Crippen LogP contribution in [0.4, 0.5) is 0 Å². The van der Waals surface area contributed by atoms with Crippen LogP contribution in [-0.2, 0) is 9.84 Å². The summed E-state index contributed by atoms with van der Waals surface area (Å²) in [7, 11) is -2.81. The van der Waals surface area contributed by atoms with Gasteiger partial charge in [0.05, 0.1) is 18.1 Å². The lowest BCUT2D eigenvalue weighted by atomic mass is 10.1. The standard InChI is InChI=1S/C17H35N5O2S.HI/c1-5-18-17(20-16-13-22(14(2)3)12-15(16)4)19-6-7-21-8-10-25(23,24)11-9-21;/h14-16H,5-13H2,1-4H3,(H2,18,19,20);1H. The predicted octanol–water partition coefficient (Wildman–Crippen LogP) is 0.619. The molecule has 0 bridgehead atoms. The molecule has 2 N–H and O–H groups in total. The summed E-state index contributed by atoms with van der Waals surface area (Å²) < 4.78 is 23.0. The molecule has 2 fully saturated rings. The first kappa shape index (κ1) is 23.9. The number of nitrogens with zero attached hydrogens (tertiary/aromatic N) is 3. The summed E-state index contributed by atoms with van der Waals surface area (Å²) in [5.41, 5.74) is 0. The van der Waals surface area contributed by atoms with Crippen LogP contribution in [0.25, 0.3) is 0 Å². The smallest absolute Gasteiger partial charge is 0.191 e. The molecule has 2 atom stereocenters. The van der Waals surface area contributed by atoms with E-state index in [1.807, 2.05) is 0 Å². The van der Waals surface area contributed by atoms with Crippen molar-refractivity contribution in [2.24, 2.45) is 10.9 Å². The van der Waals surface area contributed by atoms with Crippen LogP contribution in [0.2, 0.25) is 0 Å². The van der Waals surface area contributed by atoms with Gasteiger partial charge in [-0.3, -0.25) is 14.8 Å². The maximum atomic E-state index is 11.5. The molecule has 0 aliphatic carbocycles. The first-order chi connectivity index (χ1) is 11.8. The van der Waals surface area contributed by atoms with E-state index in [9.17, 15) is 8.42 Å². The Hall–Kier alpha value is -0.130. The van der Waals surface area contributed by atoms with E-state index >= 15 is 0 Å². The fourth-order valence-electron chi connectivity index (χ4n) is 3.39. The Morgan fingerprint density at radius 3 is 2.42 bits per heavy atom. The molecule has 0 aromatic rings. The molecule has 0 aromatic heterocycles. The predicted molar refractivity (Wildman–Crippen MR) is 119 cm³/mol. The van der Waals surface area contributed by atoms with E-state index in [2.05, 4.69) is 48.1 Å². The van der Waals surface area contributed by atoms with Gasteiger partial charge in [-0.25, -0.2) is 8.42 Å². The van der Waals surface area contributed by atoms with Gasteiger partial charge in [0.25, 0.3) is 0 Å². The molecule has 0 spiro atoms. The van der Waals surface area contributed by atoms with Crippen molar-refractivity contribution in [3.8, 4) is 0 Å². The molecule has 2 saturated heterocycles. The molecular formula is C17H36IN5O2S. The summed E-state index contributed by atoms with van der Waals surface area (Å²) in [6, 6.07) is 0.990. The molecule has 26 heavy (non-hydrogen) atoms. The Morgan fingerprint density at radius 1 is 1.23 bits per heavy atom. The lowest BCUT2D eigenvalue weighted by molar-refractivity contribution is 0.265. The average Bonchev–Trinajstić information content (AvgIpc) is 2.90. The summed E-state index contributed by atoms with van der Waals surface area (Å²) >= 11 is 0. The van der Waals surface area contributed by atoms with Crippen LogP contribution in [0.15, 0.2) is 4.99 Å². The second-order valence-corrected chi connectivity index (χ2v) is 9.83. The third-order valence-electron chi connectivity index (χ3n) is 5.16. The molecule has 7 nitrogen and oxygen atoms in total. The number of hydrogen-bond donors (Lipinski definition) is 2. The van der Waals surface area contributed by atoms with Gasteiger partial charge in [-0.15, -0.1) is 24.0 Å². The fraction of sp³-hybridized carbons (Fsp3) is 0.941. The van der Waals surface area contributed by atoms with Crippen LogP contribution >= 0.6 is 24.0 Å². The highest BCUT2D eigenvalue weighted by Gasteiger charge is 2.31. The van der Waals surface area contributed by atoms with Crippen LogP contribution in [0, 0.1) is 5.92 Å². The number of nitrogens with one attached hydrogen (secondary N) is 2. The molecular weight excluding hydrogens is 465 g/mol. The van der Waals surface area contributed by atoms with Gasteiger partial charge in [0, 0.05) is 51.4 Å². The van der Waals surface area contributed by atoms with Gasteiger partial charge in [0.2, 0.25) is 0 Å². The van der Waals surface area contributed by atoms with E-state index in [1.54, 1.807) is 0 Å². The zero-order valence-electron chi connectivity index (χ0n) is 16.6. The van der Waals surface area contributed by atoms with E-state index in [0.29, 0.717) is 37.6 Å².